The van der Waals surface area contributed by atoms with Gasteiger partial charge in [0.2, 0.25) is 5.91 Å². The maximum absolute atomic E-state index is 14.9. The van der Waals surface area contributed by atoms with Crippen LogP contribution in [0.4, 0.5) is 0 Å². The largest absolute Gasteiger partial charge is 0.456 e. The lowest BCUT2D eigenvalue weighted by Gasteiger charge is -2.65. The Kier molecular flexibility index (Phi) is 21.4. The van der Waals surface area contributed by atoms with Crippen molar-refractivity contribution in [2.45, 2.75) is 150 Å². The number of carbonyl (C=O) groups is 5. The zero-order valence-electron chi connectivity index (χ0n) is 38.3. The van der Waals surface area contributed by atoms with Crippen molar-refractivity contribution in [1.82, 2.24) is 5.32 Å². The van der Waals surface area contributed by atoms with Crippen LogP contribution < -0.4 is 5.32 Å². The molecule has 1 saturated heterocycles. The lowest BCUT2D eigenvalue weighted by Crippen LogP contribution is -2.79. The highest BCUT2D eigenvalue weighted by Gasteiger charge is 2.76. The number of methoxy groups -OCH3 is 1. The van der Waals surface area contributed by atoms with E-state index in [1.54, 1.807) is 75.4 Å². The number of fused-ring (bicyclic) bond motifs is 5. The first-order valence-corrected chi connectivity index (χ1v) is 21.3. The number of aliphatic hydroxyl groups excluding tert-OH is 2. The number of nitrogens with one attached hydrogen (secondary N) is 1. The van der Waals surface area contributed by atoms with Gasteiger partial charge in [0.05, 0.1) is 41.8 Å². The van der Waals surface area contributed by atoms with Crippen LogP contribution in [-0.2, 0) is 42.9 Å². The summed E-state index contributed by atoms with van der Waals surface area (Å²) in [6.45, 7) is 24.1. The van der Waals surface area contributed by atoms with E-state index >= 15 is 0 Å². The Labute approximate surface area is 386 Å². The molecule has 14 heteroatoms. The van der Waals surface area contributed by atoms with Crippen LogP contribution in [0.2, 0.25) is 0 Å². The minimum absolute atomic E-state index is 0. The second-order valence-corrected chi connectivity index (χ2v) is 16.6. The molecule has 1 aliphatic heterocycles. The van der Waals surface area contributed by atoms with Crippen LogP contribution in [0.3, 0.4) is 0 Å². The summed E-state index contributed by atoms with van der Waals surface area (Å²) >= 11 is 0. The van der Waals surface area contributed by atoms with Crippen LogP contribution in [0.1, 0.15) is 118 Å². The van der Waals surface area contributed by atoms with E-state index in [1.807, 2.05) is 20.8 Å². The van der Waals surface area contributed by atoms with Crippen molar-refractivity contribution >= 4 is 29.6 Å². The second kappa shape index (κ2) is 24.0. The van der Waals surface area contributed by atoms with E-state index in [4.69, 9.17) is 23.7 Å². The minimum atomic E-state index is -2.25. The van der Waals surface area contributed by atoms with Gasteiger partial charge >= 0.3 is 17.9 Å². The van der Waals surface area contributed by atoms with E-state index in [0.29, 0.717) is 16.7 Å². The van der Waals surface area contributed by atoms with Crippen molar-refractivity contribution < 1.29 is 63.0 Å². The highest BCUT2D eigenvalue weighted by atomic mass is 16.6. The van der Waals surface area contributed by atoms with Crippen molar-refractivity contribution in [1.29, 1.82) is 0 Å². The average molecular weight is 910 g/mol. The molecule has 0 spiro atoms. The van der Waals surface area contributed by atoms with Crippen molar-refractivity contribution in [3.8, 4) is 0 Å². The Hall–Kier alpha value is -4.99. The van der Waals surface area contributed by atoms with Crippen LogP contribution in [0.25, 0.3) is 0 Å². The van der Waals surface area contributed by atoms with Crippen molar-refractivity contribution in [2.75, 3.05) is 13.7 Å². The molecule has 0 radical (unpaired) electrons. The topological polar surface area (TPSA) is 204 Å². The van der Waals surface area contributed by atoms with Gasteiger partial charge in [-0.3, -0.25) is 14.4 Å². The van der Waals surface area contributed by atoms with Gasteiger partial charge < -0.3 is 44.3 Å². The zero-order valence-corrected chi connectivity index (χ0v) is 38.3. The molecule has 3 fully saturated rings. The number of ketones is 1. The molecule has 2 aromatic rings. The molecule has 2 aromatic carbocycles. The number of ether oxygens (including phenoxy) is 5. The molecule has 2 saturated carbocycles. The Morgan fingerprint density at radius 2 is 1.48 bits per heavy atom. The van der Waals surface area contributed by atoms with Crippen molar-refractivity contribution in [3.05, 3.63) is 109 Å². The molecular weight excluding hydrogens is 835 g/mol. The van der Waals surface area contributed by atoms with E-state index in [9.17, 15) is 39.3 Å². The first-order chi connectivity index (χ1) is 29.7. The first kappa shape index (κ1) is 58.0. The van der Waals surface area contributed by atoms with Crippen LogP contribution in [0.5, 0.6) is 0 Å². The summed E-state index contributed by atoms with van der Waals surface area (Å²) in [5, 5.41) is 39.6. The maximum Gasteiger partial charge on any atom is 0.338 e. The summed E-state index contributed by atoms with van der Waals surface area (Å²) in [4.78, 5) is 68.2. The summed E-state index contributed by atoms with van der Waals surface area (Å²) in [6, 6.07) is 15.2. The second-order valence-electron chi connectivity index (χ2n) is 16.6. The number of Topliss-reactive ketones (excluding diaryl/α,β-unsaturated/α-hetero) is 1. The zero-order chi connectivity index (χ0) is 47.7. The van der Waals surface area contributed by atoms with Gasteiger partial charge in [-0.15, -0.1) is 19.7 Å². The summed E-state index contributed by atoms with van der Waals surface area (Å²) < 4.78 is 30.5. The molecule has 1 heterocycles. The van der Waals surface area contributed by atoms with E-state index in [2.05, 4.69) is 25.1 Å². The number of hydrogen-bond donors (Lipinski definition) is 4. The third-order valence-corrected chi connectivity index (χ3v) is 12.8. The first-order valence-electron chi connectivity index (χ1n) is 21.3. The van der Waals surface area contributed by atoms with Gasteiger partial charge in [-0.25, -0.2) is 9.59 Å². The number of esters is 3. The molecule has 3 aliphatic carbocycles. The molecular formula is C51H75NO13. The molecule has 4 N–H and O–H groups in total. The quantitative estimate of drug-likeness (QED) is 0.112. The van der Waals surface area contributed by atoms with Gasteiger partial charge in [0.25, 0.3) is 0 Å². The van der Waals surface area contributed by atoms with E-state index in [1.165, 1.54) is 40.0 Å². The highest BCUT2D eigenvalue weighted by molar-refractivity contribution is 5.90. The highest BCUT2D eigenvalue weighted by Crippen LogP contribution is 2.63. The molecule has 65 heavy (non-hydrogen) atoms. The van der Waals surface area contributed by atoms with E-state index in [-0.39, 0.29) is 39.9 Å². The molecule has 11 atom stereocenters. The molecule has 362 valence electrons. The number of amides is 1. The molecule has 4 aliphatic rings. The average Bonchev–Trinajstić information content (AvgIpc) is 3.26. The van der Waals surface area contributed by atoms with Crippen molar-refractivity contribution in [2.24, 2.45) is 16.7 Å². The fourth-order valence-electron chi connectivity index (χ4n) is 9.75. The predicted octanol–water partition coefficient (Wildman–Crippen LogP) is 7.21. The third-order valence-electron chi connectivity index (χ3n) is 12.8. The van der Waals surface area contributed by atoms with Crippen molar-refractivity contribution in [3.63, 3.8) is 0 Å². The number of allylic oxidation sites excluding steroid dienone is 1. The van der Waals surface area contributed by atoms with Gasteiger partial charge in [-0.2, -0.15) is 0 Å². The summed E-state index contributed by atoms with van der Waals surface area (Å²) in [7, 11) is 1.39. The Morgan fingerprint density at radius 3 is 1.95 bits per heavy atom. The van der Waals surface area contributed by atoms with Crippen LogP contribution in [0.15, 0.2) is 97.6 Å². The van der Waals surface area contributed by atoms with E-state index in [0.717, 1.165) is 0 Å². The molecule has 14 nitrogen and oxygen atoms in total. The smallest absolute Gasteiger partial charge is 0.338 e. The molecule has 0 unspecified atom stereocenters. The summed E-state index contributed by atoms with van der Waals surface area (Å²) in [5.74, 6) is -5.12. The lowest BCUT2D eigenvalue weighted by atomic mass is 9.48. The number of aliphatic hydroxyl groups is 3. The van der Waals surface area contributed by atoms with Gasteiger partial charge in [0, 0.05) is 45.6 Å². The number of carbonyl (C=O) groups excluding carboxylic acids is 5. The number of benzene rings is 2. The van der Waals surface area contributed by atoms with Gasteiger partial charge in [0.1, 0.15) is 29.7 Å². The lowest BCUT2D eigenvalue weighted by molar-refractivity contribution is -0.342. The van der Waals surface area contributed by atoms with Gasteiger partial charge in [0.15, 0.2) is 11.7 Å². The van der Waals surface area contributed by atoms with Crippen LogP contribution in [-0.4, -0.2) is 106 Å². The molecule has 6 rings (SSSR count). The molecule has 2 bridgehead atoms. The number of hydrogen-bond acceptors (Lipinski definition) is 13. The fourth-order valence-corrected chi connectivity index (χ4v) is 9.75. The standard InChI is InChI=1S/C42H51NO13.C3H6.C2H6.C2H4.2CH4/c1-22-28(54-38(50)34(48)33(43-23(2)44)25-14-10-8-11-15-25)20-42(51)36(55-37(49)26-16-12-9-13-17-26)35-40(6,29(46)18-27(52-7)32(22)39(42,4)5)30(47)19-31-41(35,21-53-31)56-24(3)45;1-3-2;2*1-2;;/h8-17,27-28,30-31,33-36,47-48,51H,18-21H2,1-7H3,(H,43,44);3H,1H2,2H3;1-2H3;1-2H2;2*1H4/t27-,28-,30-,31+,33-,34+,35-,36-,40+,41-,42+;;;;;/m0...../s1. The molecule has 1 amide bonds. The number of rotatable bonds is 9. The van der Waals surface area contributed by atoms with Gasteiger partial charge in [-0.05, 0) is 49.6 Å². The predicted molar refractivity (Wildman–Crippen MR) is 249 cm³/mol. The Morgan fingerprint density at radius 1 is 0.938 bits per heavy atom. The third kappa shape index (κ3) is 11.0. The van der Waals surface area contributed by atoms with Gasteiger partial charge in [-0.1, -0.05) is 97.2 Å². The monoisotopic (exact) mass is 910 g/mol. The minimum Gasteiger partial charge on any atom is -0.456 e. The SMILES string of the molecule is C.C.C=C.C=CC.CC.CO[C@H]1CC(=O)[C@@]2(C)[C@H]([C@H](OC(=O)c3ccccc3)[C@]3(O)C[C@H](OC(=O)[C@H](O)[C@@H](NC(C)=O)c4ccccc4)C(C)=C1C3(C)C)[C@]1(OC(C)=O)CO[C@@H]1C[C@@H]2O. The Balaban J connectivity index is 0.00000222. The maximum atomic E-state index is 14.9. The Bertz CT molecular complexity index is 1970. The van der Waals surface area contributed by atoms with E-state index < -0.39 is 107 Å². The summed E-state index contributed by atoms with van der Waals surface area (Å²) in [5.41, 5.74) is -5.79. The van der Waals surface area contributed by atoms with Crippen LogP contribution >= 0.6 is 0 Å². The van der Waals surface area contributed by atoms with Crippen LogP contribution in [0, 0.1) is 16.7 Å². The normalized spacial score (nSPS) is 30.0. The fraction of sp³-hybridized carbons (Fsp3) is 0.549. The summed E-state index contributed by atoms with van der Waals surface area (Å²) in [6.07, 6.45) is -7.41. The molecule has 0 aromatic heterocycles.